The SMILES string of the molecule is Cc1cc(C2CCCN(C)C2)c(C#N)cc1Nc1nccc(-c2cc(C#N)c3c(c2)[C@@](C)(CO[Si](C)(C)C(C)(C)C)CN3)n1. The number of aromatic nitrogens is 2. The summed E-state index contributed by atoms with van der Waals surface area (Å²) >= 11 is 0. The Morgan fingerprint density at radius 1 is 1.16 bits per heavy atom. The largest absolute Gasteiger partial charge is 0.416 e. The zero-order chi connectivity index (χ0) is 31.9. The number of nitrogens with one attached hydrogen (secondary N) is 2. The highest BCUT2D eigenvalue weighted by atomic mass is 28.4. The van der Waals surface area contributed by atoms with Crippen molar-refractivity contribution >= 4 is 25.6 Å². The molecule has 0 aliphatic carbocycles. The Morgan fingerprint density at radius 2 is 1.91 bits per heavy atom. The summed E-state index contributed by atoms with van der Waals surface area (Å²) in [5.74, 6) is 0.804. The molecular formula is C35H45N7OSi. The van der Waals surface area contributed by atoms with Gasteiger partial charge < -0.3 is 20.0 Å². The van der Waals surface area contributed by atoms with Gasteiger partial charge in [-0.1, -0.05) is 33.8 Å². The first kappa shape index (κ1) is 31.7. The van der Waals surface area contributed by atoms with E-state index in [0.29, 0.717) is 36.1 Å². The topological polar surface area (TPSA) is 110 Å². The van der Waals surface area contributed by atoms with Gasteiger partial charge in [-0.3, -0.25) is 0 Å². The van der Waals surface area contributed by atoms with Gasteiger partial charge in [-0.2, -0.15) is 10.5 Å². The molecular weight excluding hydrogens is 563 g/mol. The normalized spacial score (nSPS) is 20.4. The molecule has 230 valence electrons. The molecule has 5 rings (SSSR count). The van der Waals surface area contributed by atoms with Crippen molar-refractivity contribution in [3.8, 4) is 23.4 Å². The number of piperidine rings is 1. The first-order valence-corrected chi connectivity index (χ1v) is 18.5. The predicted molar refractivity (Wildman–Crippen MR) is 180 cm³/mol. The van der Waals surface area contributed by atoms with Crippen LogP contribution in [-0.4, -0.2) is 56.5 Å². The van der Waals surface area contributed by atoms with Crippen LogP contribution in [0.2, 0.25) is 18.1 Å². The van der Waals surface area contributed by atoms with Gasteiger partial charge in [0.25, 0.3) is 0 Å². The number of hydrogen-bond donors (Lipinski definition) is 2. The summed E-state index contributed by atoms with van der Waals surface area (Å²) in [5, 5.41) is 27.1. The number of anilines is 3. The van der Waals surface area contributed by atoms with Crippen LogP contribution in [-0.2, 0) is 9.84 Å². The van der Waals surface area contributed by atoms with Crippen LogP contribution in [0.4, 0.5) is 17.3 Å². The van der Waals surface area contributed by atoms with E-state index in [1.165, 1.54) is 0 Å². The molecule has 0 bridgehead atoms. The molecule has 3 aromatic rings. The fraction of sp³-hybridized carbons (Fsp3) is 0.486. The minimum Gasteiger partial charge on any atom is -0.416 e. The van der Waals surface area contributed by atoms with Gasteiger partial charge in [0.15, 0.2) is 8.32 Å². The summed E-state index contributed by atoms with van der Waals surface area (Å²) in [5.41, 5.74) is 7.55. The molecule has 0 spiro atoms. The Labute approximate surface area is 263 Å². The standard InChI is InChI=1S/C35H45N7OSi/c1-23-14-28(24-10-9-13-42(6)20-24)26(18-36)17-31(23)41-33-38-12-11-30(40-33)25-15-27(19-37)32-29(16-25)35(5,21-39-32)22-43-44(7,8)34(2,3)4/h11-12,14-17,24,39H,9-10,13,20-22H2,1-8H3,(H,38,40,41)/t24?,35-/m1/s1. The Morgan fingerprint density at radius 3 is 2.59 bits per heavy atom. The van der Waals surface area contributed by atoms with Crippen molar-refractivity contribution in [2.24, 2.45) is 0 Å². The van der Waals surface area contributed by atoms with Crippen molar-refractivity contribution < 1.29 is 4.43 Å². The van der Waals surface area contributed by atoms with Gasteiger partial charge in [-0.25, -0.2) is 9.97 Å². The van der Waals surface area contributed by atoms with Gasteiger partial charge in [0.1, 0.15) is 6.07 Å². The third-order valence-electron chi connectivity index (χ3n) is 9.90. The second kappa shape index (κ2) is 12.0. The Hall–Kier alpha value is -3.76. The Kier molecular flexibility index (Phi) is 8.61. The zero-order valence-corrected chi connectivity index (χ0v) is 28.4. The van der Waals surface area contributed by atoms with Crippen LogP contribution in [0.3, 0.4) is 0 Å². The molecule has 2 aromatic carbocycles. The summed E-state index contributed by atoms with van der Waals surface area (Å²) in [4.78, 5) is 11.7. The third kappa shape index (κ3) is 6.23. The first-order chi connectivity index (χ1) is 20.7. The number of likely N-dealkylation sites (N-methyl/N-ethyl adjacent to an activating group) is 1. The second-order valence-corrected chi connectivity index (χ2v) is 19.2. The van der Waals surface area contributed by atoms with E-state index in [2.05, 4.69) is 99.5 Å². The number of fused-ring (bicyclic) bond motifs is 1. The van der Waals surface area contributed by atoms with Crippen molar-refractivity contribution in [1.29, 1.82) is 10.5 Å². The fourth-order valence-corrected chi connectivity index (χ4v) is 7.14. The molecule has 0 saturated carbocycles. The quantitative estimate of drug-likeness (QED) is 0.267. The van der Waals surface area contributed by atoms with E-state index in [1.54, 1.807) is 6.20 Å². The summed E-state index contributed by atoms with van der Waals surface area (Å²) in [6.07, 6.45) is 3.97. The van der Waals surface area contributed by atoms with Crippen LogP contribution < -0.4 is 10.6 Å². The number of nitriles is 2. The van der Waals surface area contributed by atoms with Gasteiger partial charge in [-0.05, 0) is 98.4 Å². The highest BCUT2D eigenvalue weighted by molar-refractivity contribution is 6.74. The lowest BCUT2D eigenvalue weighted by atomic mass is 9.83. The molecule has 8 nitrogen and oxygen atoms in total. The van der Waals surface area contributed by atoms with Crippen molar-refractivity contribution in [1.82, 2.24) is 14.9 Å². The van der Waals surface area contributed by atoms with E-state index in [0.717, 1.165) is 65.3 Å². The van der Waals surface area contributed by atoms with Crippen LogP contribution in [0.15, 0.2) is 36.5 Å². The minimum atomic E-state index is -1.96. The van der Waals surface area contributed by atoms with Crippen LogP contribution >= 0.6 is 0 Å². The van der Waals surface area contributed by atoms with E-state index in [9.17, 15) is 10.5 Å². The molecule has 1 unspecified atom stereocenters. The zero-order valence-electron chi connectivity index (χ0n) is 27.4. The average molecular weight is 608 g/mol. The molecule has 1 aromatic heterocycles. The smallest absolute Gasteiger partial charge is 0.227 e. The number of hydrogen-bond acceptors (Lipinski definition) is 8. The molecule has 2 aliphatic rings. The van der Waals surface area contributed by atoms with Crippen LogP contribution in [0.5, 0.6) is 0 Å². The summed E-state index contributed by atoms with van der Waals surface area (Å²) in [6, 6.07) is 14.8. The van der Waals surface area contributed by atoms with E-state index >= 15 is 0 Å². The van der Waals surface area contributed by atoms with Gasteiger partial charge >= 0.3 is 0 Å². The number of aryl methyl sites for hydroxylation is 1. The van der Waals surface area contributed by atoms with Gasteiger partial charge in [0.05, 0.1) is 28.6 Å². The van der Waals surface area contributed by atoms with E-state index in [4.69, 9.17) is 9.41 Å². The van der Waals surface area contributed by atoms with Crippen LogP contribution in [0.1, 0.15) is 74.3 Å². The van der Waals surface area contributed by atoms with Crippen molar-refractivity contribution in [2.45, 2.75) is 76.9 Å². The maximum Gasteiger partial charge on any atom is 0.227 e. The molecule has 3 heterocycles. The molecule has 1 fully saturated rings. The molecule has 1 saturated heterocycles. The lowest BCUT2D eigenvalue weighted by Gasteiger charge is -2.39. The monoisotopic (exact) mass is 607 g/mol. The highest BCUT2D eigenvalue weighted by Gasteiger charge is 2.42. The number of likely N-dealkylation sites (tertiary alicyclic amines) is 1. The molecule has 0 radical (unpaired) electrons. The highest BCUT2D eigenvalue weighted by Crippen LogP contribution is 2.44. The third-order valence-corrected chi connectivity index (χ3v) is 14.4. The van der Waals surface area contributed by atoms with Crippen molar-refractivity contribution in [3.05, 3.63) is 64.3 Å². The van der Waals surface area contributed by atoms with E-state index in [1.807, 2.05) is 18.2 Å². The maximum absolute atomic E-state index is 10.1. The Bertz CT molecular complexity index is 1650. The molecule has 2 aliphatic heterocycles. The van der Waals surface area contributed by atoms with E-state index in [-0.39, 0.29) is 10.5 Å². The molecule has 2 N–H and O–H groups in total. The molecule has 44 heavy (non-hydrogen) atoms. The summed E-state index contributed by atoms with van der Waals surface area (Å²) in [6.45, 7) is 18.9. The Balaban J connectivity index is 1.44. The number of benzene rings is 2. The van der Waals surface area contributed by atoms with Gasteiger partial charge in [0, 0.05) is 42.6 Å². The predicted octanol–water partition coefficient (Wildman–Crippen LogP) is 7.45. The molecule has 9 heteroatoms. The van der Waals surface area contributed by atoms with Gasteiger partial charge in [-0.15, -0.1) is 0 Å². The van der Waals surface area contributed by atoms with Crippen molar-refractivity contribution in [3.63, 3.8) is 0 Å². The average Bonchev–Trinajstić information content (AvgIpc) is 3.32. The lowest BCUT2D eigenvalue weighted by molar-refractivity contribution is 0.220. The summed E-state index contributed by atoms with van der Waals surface area (Å²) < 4.78 is 6.68. The molecule has 0 amide bonds. The minimum absolute atomic E-state index is 0.113. The summed E-state index contributed by atoms with van der Waals surface area (Å²) in [7, 11) is 0.188. The van der Waals surface area contributed by atoms with Gasteiger partial charge in [0.2, 0.25) is 5.95 Å². The second-order valence-electron chi connectivity index (χ2n) is 14.4. The lowest BCUT2D eigenvalue weighted by Crippen LogP contribution is -2.45. The fourth-order valence-electron chi connectivity index (χ4n) is 6.03. The first-order valence-electron chi connectivity index (χ1n) is 15.5. The molecule has 2 atom stereocenters. The van der Waals surface area contributed by atoms with E-state index < -0.39 is 8.32 Å². The number of nitrogens with zero attached hydrogens (tertiary/aromatic N) is 5. The van der Waals surface area contributed by atoms with Crippen LogP contribution in [0.25, 0.3) is 11.3 Å². The maximum atomic E-state index is 10.1. The number of rotatable bonds is 7. The van der Waals surface area contributed by atoms with Crippen LogP contribution in [0, 0.1) is 29.6 Å². The van der Waals surface area contributed by atoms with Crippen molar-refractivity contribution in [2.75, 3.05) is 43.9 Å².